The highest BCUT2D eigenvalue weighted by Gasteiger charge is 2.30. The molecule has 14 heteroatoms. The van der Waals surface area contributed by atoms with Gasteiger partial charge in [0.1, 0.15) is 23.9 Å². The Morgan fingerprint density at radius 3 is 1.82 bits per heavy atom. The summed E-state index contributed by atoms with van der Waals surface area (Å²) in [5.74, 6) is -3.39. The predicted octanol–water partition coefficient (Wildman–Crippen LogP) is 0.172. The van der Waals surface area contributed by atoms with E-state index in [0.717, 1.165) is 0 Å². The molecule has 0 spiro atoms. The summed E-state index contributed by atoms with van der Waals surface area (Å²) in [4.78, 5) is 61.3. The Morgan fingerprint density at radius 1 is 0.789 bits per heavy atom. The van der Waals surface area contributed by atoms with Crippen LogP contribution in [0.4, 0.5) is 0 Å². The molecule has 0 saturated carbocycles. The fourth-order valence-corrected chi connectivity index (χ4v) is 4.25. The monoisotopic (exact) mass is 572 g/mol. The molecule has 8 N–H and O–H groups in total. The van der Waals surface area contributed by atoms with Crippen LogP contribution < -0.4 is 21.7 Å². The number of benzene rings is 1. The van der Waals surface area contributed by atoms with Crippen LogP contribution in [0, 0.1) is 0 Å². The maximum absolute atomic E-state index is 13.2. The molecule has 12 nitrogen and oxygen atoms in total. The lowest BCUT2D eigenvalue weighted by Gasteiger charge is -2.25. The average Bonchev–Trinajstić information content (AvgIpc) is 2.87. The number of phenols is 1. The normalized spacial score (nSPS) is 14.0. The van der Waals surface area contributed by atoms with Crippen molar-refractivity contribution in [2.45, 2.75) is 56.3 Å². The summed E-state index contributed by atoms with van der Waals surface area (Å²) in [6.45, 7) is 0. The van der Waals surface area contributed by atoms with Crippen molar-refractivity contribution in [2.24, 2.45) is 5.73 Å². The first-order chi connectivity index (χ1) is 18.0. The molecule has 1 aromatic carbocycles. The standard InChI is InChI=1S/C24H36N4O8S2/c1-37-11-9-17(26-21(32)16(25)7-8-20(30)31)22(33)28-19(13-14-3-5-15(29)6-4-14)23(34)27-18(24(35)36)10-12-38-2/h3-6,16-19,29H,7-13,25H2,1-2H3,(H,26,32)(H,27,34)(H,28,33)(H,30,31)(H,35,36). The van der Waals surface area contributed by atoms with Crippen LogP contribution in [0.5, 0.6) is 5.75 Å². The van der Waals surface area contributed by atoms with Crippen molar-refractivity contribution >= 4 is 53.2 Å². The molecule has 0 bridgehead atoms. The van der Waals surface area contributed by atoms with Gasteiger partial charge in [0.15, 0.2) is 0 Å². The van der Waals surface area contributed by atoms with Gasteiger partial charge in [-0.2, -0.15) is 23.5 Å². The molecule has 1 rings (SSSR count). The second kappa shape index (κ2) is 17.5. The van der Waals surface area contributed by atoms with E-state index in [9.17, 15) is 34.2 Å². The number of carboxylic acid groups (broad SMARTS) is 2. The van der Waals surface area contributed by atoms with E-state index in [1.54, 1.807) is 12.1 Å². The van der Waals surface area contributed by atoms with Crippen molar-refractivity contribution in [1.82, 2.24) is 16.0 Å². The van der Waals surface area contributed by atoms with Gasteiger partial charge in [-0.15, -0.1) is 0 Å². The summed E-state index contributed by atoms with van der Waals surface area (Å²) < 4.78 is 0. The molecule has 1 aromatic rings. The van der Waals surface area contributed by atoms with Gasteiger partial charge in [0.05, 0.1) is 6.04 Å². The molecular weight excluding hydrogens is 536 g/mol. The molecule has 0 aromatic heterocycles. The largest absolute Gasteiger partial charge is 0.508 e. The SMILES string of the molecule is CSCCC(NC(=O)C(Cc1ccc(O)cc1)NC(=O)C(CCSC)NC(=O)C(N)CCC(=O)O)C(=O)O. The molecule has 3 amide bonds. The van der Waals surface area contributed by atoms with E-state index < -0.39 is 53.8 Å². The molecule has 0 aliphatic carbocycles. The Kier molecular flexibility index (Phi) is 15.2. The molecule has 4 unspecified atom stereocenters. The number of amides is 3. The number of carbonyl (C=O) groups is 5. The van der Waals surface area contributed by atoms with E-state index in [-0.39, 0.29) is 37.9 Å². The third kappa shape index (κ3) is 12.5. The van der Waals surface area contributed by atoms with Gasteiger partial charge in [-0.1, -0.05) is 12.1 Å². The summed E-state index contributed by atoms with van der Waals surface area (Å²) in [6, 6.07) is 1.44. The molecule has 0 saturated heterocycles. The van der Waals surface area contributed by atoms with Gasteiger partial charge in [0, 0.05) is 12.8 Å². The third-order valence-electron chi connectivity index (χ3n) is 5.48. The minimum Gasteiger partial charge on any atom is -0.508 e. The van der Waals surface area contributed by atoms with Crippen LogP contribution in [0.1, 0.15) is 31.2 Å². The minimum absolute atomic E-state index is 0.00591. The lowest BCUT2D eigenvalue weighted by Crippen LogP contribution is -2.57. The smallest absolute Gasteiger partial charge is 0.326 e. The Hall–Kier alpha value is -2.97. The second-order valence-electron chi connectivity index (χ2n) is 8.49. The molecule has 0 radical (unpaired) electrons. The molecule has 0 aliphatic rings. The summed E-state index contributed by atoms with van der Waals surface area (Å²) in [5.41, 5.74) is 6.37. The van der Waals surface area contributed by atoms with Crippen LogP contribution in [-0.2, 0) is 30.4 Å². The van der Waals surface area contributed by atoms with Crippen LogP contribution in [0.3, 0.4) is 0 Å². The number of aliphatic carboxylic acids is 2. The van der Waals surface area contributed by atoms with Crippen molar-refractivity contribution in [1.29, 1.82) is 0 Å². The third-order valence-corrected chi connectivity index (χ3v) is 6.77. The van der Waals surface area contributed by atoms with Gasteiger partial charge in [-0.25, -0.2) is 4.79 Å². The number of hydrogen-bond donors (Lipinski definition) is 7. The Bertz CT molecular complexity index is 948. The second-order valence-corrected chi connectivity index (χ2v) is 10.5. The zero-order valence-corrected chi connectivity index (χ0v) is 23.0. The van der Waals surface area contributed by atoms with Crippen LogP contribution in [0.15, 0.2) is 24.3 Å². The Labute approximate surface area is 229 Å². The Balaban J connectivity index is 3.10. The minimum atomic E-state index is -1.21. The molecular formula is C24H36N4O8S2. The maximum atomic E-state index is 13.2. The van der Waals surface area contributed by atoms with Crippen LogP contribution >= 0.6 is 23.5 Å². The zero-order chi connectivity index (χ0) is 28.7. The molecule has 0 heterocycles. The van der Waals surface area contributed by atoms with Crippen molar-refractivity contribution in [3.8, 4) is 5.75 Å². The van der Waals surface area contributed by atoms with E-state index >= 15 is 0 Å². The van der Waals surface area contributed by atoms with Crippen molar-refractivity contribution in [2.75, 3.05) is 24.0 Å². The molecule has 0 aliphatic heterocycles. The number of carboxylic acids is 2. The van der Waals surface area contributed by atoms with E-state index in [0.29, 0.717) is 17.1 Å². The highest BCUT2D eigenvalue weighted by molar-refractivity contribution is 7.98. The number of nitrogens with one attached hydrogen (secondary N) is 3. The summed E-state index contributed by atoms with van der Waals surface area (Å²) in [6.07, 6.45) is 3.59. The van der Waals surface area contributed by atoms with E-state index in [1.807, 2.05) is 12.5 Å². The number of carbonyl (C=O) groups excluding carboxylic acids is 3. The van der Waals surface area contributed by atoms with Gasteiger partial charge >= 0.3 is 11.9 Å². The zero-order valence-electron chi connectivity index (χ0n) is 21.3. The fourth-order valence-electron chi connectivity index (χ4n) is 3.31. The van der Waals surface area contributed by atoms with Crippen molar-refractivity contribution in [3.63, 3.8) is 0 Å². The number of aromatic hydroxyl groups is 1. The summed E-state index contributed by atoms with van der Waals surface area (Å²) in [5, 5.41) is 35.5. The van der Waals surface area contributed by atoms with Crippen LogP contribution in [0.25, 0.3) is 0 Å². The first kappa shape index (κ1) is 33.1. The number of hydrogen-bond acceptors (Lipinski definition) is 9. The number of nitrogens with two attached hydrogens (primary N) is 1. The van der Waals surface area contributed by atoms with E-state index in [4.69, 9.17) is 10.8 Å². The van der Waals surface area contributed by atoms with E-state index in [1.165, 1.54) is 35.7 Å². The van der Waals surface area contributed by atoms with Crippen molar-refractivity contribution < 1.29 is 39.3 Å². The maximum Gasteiger partial charge on any atom is 0.326 e. The number of phenolic OH excluding ortho intramolecular Hbond substituents is 1. The van der Waals surface area contributed by atoms with Gasteiger partial charge < -0.3 is 37.0 Å². The van der Waals surface area contributed by atoms with Gasteiger partial charge in [0.2, 0.25) is 17.7 Å². The molecule has 212 valence electrons. The molecule has 4 atom stereocenters. The highest BCUT2D eigenvalue weighted by atomic mass is 32.2. The molecule has 38 heavy (non-hydrogen) atoms. The Morgan fingerprint density at radius 2 is 1.29 bits per heavy atom. The van der Waals surface area contributed by atoms with Gasteiger partial charge in [-0.3, -0.25) is 19.2 Å². The first-order valence-corrected chi connectivity index (χ1v) is 14.6. The lowest BCUT2D eigenvalue weighted by molar-refractivity contribution is -0.142. The predicted molar refractivity (Wildman–Crippen MR) is 146 cm³/mol. The quantitative estimate of drug-likeness (QED) is 0.126. The highest BCUT2D eigenvalue weighted by Crippen LogP contribution is 2.13. The van der Waals surface area contributed by atoms with Gasteiger partial charge in [-0.05, 0) is 61.0 Å². The number of thioether (sulfide) groups is 2. The first-order valence-electron chi connectivity index (χ1n) is 11.9. The fraction of sp³-hybridized carbons (Fsp3) is 0.542. The van der Waals surface area contributed by atoms with E-state index in [2.05, 4.69) is 16.0 Å². The van der Waals surface area contributed by atoms with Crippen LogP contribution in [0.2, 0.25) is 0 Å². The van der Waals surface area contributed by atoms with Crippen molar-refractivity contribution in [3.05, 3.63) is 29.8 Å². The molecule has 0 fully saturated rings. The van der Waals surface area contributed by atoms with Crippen LogP contribution in [-0.4, -0.2) is 93.2 Å². The summed E-state index contributed by atoms with van der Waals surface area (Å²) in [7, 11) is 0. The topological polar surface area (TPSA) is 208 Å². The average molecular weight is 573 g/mol. The van der Waals surface area contributed by atoms with Gasteiger partial charge in [0.25, 0.3) is 0 Å². The lowest BCUT2D eigenvalue weighted by atomic mass is 10.0. The summed E-state index contributed by atoms with van der Waals surface area (Å²) >= 11 is 2.86. The number of rotatable bonds is 18.